The van der Waals surface area contributed by atoms with E-state index >= 15 is 0 Å². The van der Waals surface area contributed by atoms with Gasteiger partial charge in [0.1, 0.15) is 0 Å². The van der Waals surface area contributed by atoms with Crippen molar-refractivity contribution in [2.75, 3.05) is 11.4 Å². The van der Waals surface area contributed by atoms with Gasteiger partial charge in [-0.2, -0.15) is 5.26 Å². The van der Waals surface area contributed by atoms with Gasteiger partial charge >= 0.3 is 0 Å². The van der Waals surface area contributed by atoms with Crippen molar-refractivity contribution in [1.82, 2.24) is 4.98 Å². The third-order valence-corrected chi connectivity index (χ3v) is 3.09. The van der Waals surface area contributed by atoms with Crippen molar-refractivity contribution in [3.05, 3.63) is 59.4 Å². The van der Waals surface area contributed by atoms with Gasteiger partial charge in [-0.3, -0.25) is 9.78 Å². The number of amides is 1. The van der Waals surface area contributed by atoms with Crippen LogP contribution in [0.2, 0.25) is 5.02 Å². The van der Waals surface area contributed by atoms with Gasteiger partial charge in [-0.15, -0.1) is 0 Å². The molecule has 0 saturated carbocycles. The fraction of sp³-hybridized carbons (Fsp3) is 0.133. The van der Waals surface area contributed by atoms with Crippen molar-refractivity contribution in [1.29, 1.82) is 5.26 Å². The topological polar surface area (TPSA) is 57.0 Å². The molecule has 0 radical (unpaired) electrons. The number of hydrogen-bond acceptors (Lipinski definition) is 3. The summed E-state index contributed by atoms with van der Waals surface area (Å²) in [7, 11) is 0. The number of carbonyl (C=O) groups is 1. The first kappa shape index (κ1) is 14.0. The highest BCUT2D eigenvalue weighted by atomic mass is 35.5. The molecule has 0 spiro atoms. The van der Waals surface area contributed by atoms with E-state index in [1.807, 2.05) is 36.4 Å². The fourth-order valence-corrected chi connectivity index (χ4v) is 1.98. The van der Waals surface area contributed by atoms with Crippen LogP contribution < -0.4 is 4.90 Å². The van der Waals surface area contributed by atoms with Gasteiger partial charge in [0.15, 0.2) is 0 Å². The first-order chi connectivity index (χ1) is 9.74. The predicted octanol–water partition coefficient (Wildman–Crippen LogP) is 3.30. The number of halogens is 1. The molecule has 0 fully saturated rings. The van der Waals surface area contributed by atoms with Crippen LogP contribution in [0, 0.1) is 11.3 Å². The fourth-order valence-electron chi connectivity index (χ4n) is 1.80. The highest BCUT2D eigenvalue weighted by Gasteiger charge is 2.19. The van der Waals surface area contributed by atoms with E-state index in [1.54, 1.807) is 6.07 Å². The number of anilines is 1. The van der Waals surface area contributed by atoms with Crippen LogP contribution in [0.25, 0.3) is 0 Å². The van der Waals surface area contributed by atoms with Crippen LogP contribution in [0.1, 0.15) is 16.8 Å². The maximum absolute atomic E-state index is 12.6. The van der Waals surface area contributed by atoms with Crippen LogP contribution in [0.3, 0.4) is 0 Å². The van der Waals surface area contributed by atoms with Gasteiger partial charge in [-0.05, 0) is 18.2 Å². The Bertz CT molecular complexity index is 637. The normalized spacial score (nSPS) is 9.80. The van der Waals surface area contributed by atoms with Crippen LogP contribution in [-0.2, 0) is 0 Å². The third-order valence-electron chi connectivity index (χ3n) is 2.76. The molecule has 5 heteroatoms. The van der Waals surface area contributed by atoms with Crippen molar-refractivity contribution >= 4 is 23.2 Å². The van der Waals surface area contributed by atoms with E-state index in [0.29, 0.717) is 17.1 Å². The zero-order chi connectivity index (χ0) is 14.4. The number of rotatable bonds is 4. The number of nitriles is 1. The number of hydrogen-bond donors (Lipinski definition) is 0. The van der Waals surface area contributed by atoms with Gasteiger partial charge < -0.3 is 4.90 Å². The molecule has 20 heavy (non-hydrogen) atoms. The lowest BCUT2D eigenvalue weighted by molar-refractivity contribution is 0.0987. The predicted molar refractivity (Wildman–Crippen MR) is 77.6 cm³/mol. The lowest BCUT2D eigenvalue weighted by Crippen LogP contribution is -2.32. The van der Waals surface area contributed by atoms with E-state index in [-0.39, 0.29) is 12.3 Å². The van der Waals surface area contributed by atoms with Crippen LogP contribution >= 0.6 is 11.6 Å². The van der Waals surface area contributed by atoms with Crippen LogP contribution in [0.5, 0.6) is 0 Å². The molecule has 1 amide bonds. The first-order valence-corrected chi connectivity index (χ1v) is 6.45. The van der Waals surface area contributed by atoms with Gasteiger partial charge in [0.25, 0.3) is 5.91 Å². The van der Waals surface area contributed by atoms with Crippen LogP contribution in [0.15, 0.2) is 48.8 Å². The van der Waals surface area contributed by atoms with E-state index in [2.05, 4.69) is 4.98 Å². The van der Waals surface area contributed by atoms with Gasteiger partial charge in [0.2, 0.25) is 0 Å². The summed E-state index contributed by atoms with van der Waals surface area (Å²) in [5.41, 5.74) is 1.06. The number of para-hydroxylation sites is 1. The van der Waals surface area contributed by atoms with Gasteiger partial charge in [-0.25, -0.2) is 0 Å². The van der Waals surface area contributed by atoms with E-state index < -0.39 is 0 Å². The van der Waals surface area contributed by atoms with Crippen molar-refractivity contribution in [3.63, 3.8) is 0 Å². The Morgan fingerprint density at radius 3 is 2.70 bits per heavy atom. The Kier molecular flexibility index (Phi) is 4.70. The van der Waals surface area contributed by atoms with Crippen LogP contribution in [0.4, 0.5) is 5.69 Å². The summed E-state index contributed by atoms with van der Waals surface area (Å²) >= 11 is 6.03. The maximum atomic E-state index is 12.6. The van der Waals surface area contributed by atoms with Crippen LogP contribution in [-0.4, -0.2) is 17.4 Å². The largest absolute Gasteiger partial charge is 0.307 e. The molecule has 0 unspecified atom stereocenters. The summed E-state index contributed by atoms with van der Waals surface area (Å²) in [6.45, 7) is 0.310. The lowest BCUT2D eigenvalue weighted by atomic mass is 10.2. The Labute approximate surface area is 122 Å². The van der Waals surface area contributed by atoms with Gasteiger partial charge in [0.05, 0.1) is 23.1 Å². The Morgan fingerprint density at radius 2 is 2.05 bits per heavy atom. The summed E-state index contributed by atoms with van der Waals surface area (Å²) < 4.78 is 0. The molecule has 0 bridgehead atoms. The Morgan fingerprint density at radius 1 is 1.30 bits per heavy atom. The zero-order valence-electron chi connectivity index (χ0n) is 10.7. The highest BCUT2D eigenvalue weighted by Crippen LogP contribution is 2.21. The molecule has 2 aromatic rings. The van der Waals surface area contributed by atoms with Crippen molar-refractivity contribution in [3.8, 4) is 6.07 Å². The zero-order valence-corrected chi connectivity index (χ0v) is 11.4. The van der Waals surface area contributed by atoms with E-state index in [0.717, 1.165) is 5.69 Å². The molecule has 0 atom stereocenters. The van der Waals surface area contributed by atoms with Gasteiger partial charge in [0, 0.05) is 24.6 Å². The standard InChI is InChI=1S/C15H12ClN3O/c16-14-7-9-18-11-13(14)15(20)19(10-4-8-17)12-5-2-1-3-6-12/h1-3,5-7,9,11H,4,10H2. The molecule has 100 valence electrons. The molecule has 1 aromatic heterocycles. The summed E-state index contributed by atoms with van der Waals surface area (Å²) in [5, 5.41) is 9.09. The summed E-state index contributed by atoms with van der Waals surface area (Å²) in [4.78, 5) is 18.0. The Balaban J connectivity index is 2.35. The minimum absolute atomic E-state index is 0.249. The average Bonchev–Trinajstić information content (AvgIpc) is 2.49. The second kappa shape index (κ2) is 6.69. The smallest absolute Gasteiger partial charge is 0.261 e. The second-order valence-corrected chi connectivity index (χ2v) is 4.46. The summed E-state index contributed by atoms with van der Waals surface area (Å²) in [6.07, 6.45) is 3.22. The summed E-state index contributed by atoms with van der Waals surface area (Å²) in [6, 6.07) is 12.8. The molecular weight excluding hydrogens is 274 g/mol. The van der Waals surface area contributed by atoms with E-state index in [1.165, 1.54) is 17.3 Å². The van der Waals surface area contributed by atoms with Crippen molar-refractivity contribution in [2.24, 2.45) is 0 Å². The van der Waals surface area contributed by atoms with E-state index in [9.17, 15) is 4.79 Å². The number of nitrogens with zero attached hydrogens (tertiary/aromatic N) is 3. The monoisotopic (exact) mass is 285 g/mol. The second-order valence-electron chi connectivity index (χ2n) is 4.06. The van der Waals surface area contributed by atoms with Crippen molar-refractivity contribution in [2.45, 2.75) is 6.42 Å². The molecule has 2 rings (SSSR count). The molecule has 0 saturated heterocycles. The quantitative estimate of drug-likeness (QED) is 0.866. The summed E-state index contributed by atoms with van der Waals surface area (Å²) in [5.74, 6) is -0.260. The number of aromatic nitrogens is 1. The molecule has 1 heterocycles. The maximum Gasteiger partial charge on any atom is 0.261 e. The number of benzene rings is 1. The number of carbonyl (C=O) groups excluding carboxylic acids is 1. The Hall–Kier alpha value is -2.38. The SMILES string of the molecule is N#CCCN(C(=O)c1cnccc1Cl)c1ccccc1. The van der Waals surface area contributed by atoms with Gasteiger partial charge in [-0.1, -0.05) is 29.8 Å². The minimum atomic E-state index is -0.260. The molecule has 0 N–H and O–H groups in total. The molecule has 1 aromatic carbocycles. The van der Waals surface area contributed by atoms with E-state index in [4.69, 9.17) is 16.9 Å². The first-order valence-electron chi connectivity index (χ1n) is 6.07. The highest BCUT2D eigenvalue weighted by molar-refractivity contribution is 6.34. The average molecular weight is 286 g/mol. The minimum Gasteiger partial charge on any atom is -0.307 e. The molecular formula is C15H12ClN3O. The lowest BCUT2D eigenvalue weighted by Gasteiger charge is -2.22. The molecule has 0 aliphatic carbocycles. The van der Waals surface area contributed by atoms with Crippen molar-refractivity contribution < 1.29 is 4.79 Å². The molecule has 0 aliphatic heterocycles. The molecule has 4 nitrogen and oxygen atoms in total. The molecule has 0 aliphatic rings. The third kappa shape index (κ3) is 3.14. The number of pyridine rings is 1.